The van der Waals surface area contributed by atoms with E-state index in [9.17, 15) is 8.42 Å². The van der Waals surface area contributed by atoms with Crippen LogP contribution in [-0.4, -0.2) is 14.7 Å². The Hall–Kier alpha value is -0.790. The Labute approximate surface area is 149 Å². The van der Waals surface area contributed by atoms with Gasteiger partial charge >= 0.3 is 10.1 Å². The maximum atomic E-state index is 11.5. The molecule has 0 saturated carbocycles. The number of hydrogen-bond donors (Lipinski definition) is 0. The van der Waals surface area contributed by atoms with Gasteiger partial charge in [-0.2, -0.15) is 8.42 Å². The molecule has 0 heterocycles. The molecule has 6 heteroatoms. The first-order chi connectivity index (χ1) is 10.1. The fourth-order valence-electron chi connectivity index (χ4n) is 2.55. The lowest BCUT2D eigenvalue weighted by atomic mass is 9.93. The van der Waals surface area contributed by atoms with Crippen molar-refractivity contribution in [3.8, 4) is 16.9 Å². The molecule has 118 valence electrons. The third-order valence-corrected chi connectivity index (χ3v) is 4.98. The van der Waals surface area contributed by atoms with Crippen LogP contribution in [0, 0.1) is 24.3 Å². The minimum atomic E-state index is -3.58. The molecule has 0 aliphatic heterocycles. The molecule has 2 rings (SSSR count). The molecule has 0 radical (unpaired) electrons. The normalized spacial score (nSPS) is 11.5. The van der Waals surface area contributed by atoms with Gasteiger partial charge in [-0.3, -0.25) is 0 Å². The fraction of sp³-hybridized carbons (Fsp3) is 0.250. The SMILES string of the molecule is Cc1cc(C)c(-c2cc(Cl)ccc2I)c(C)c1OS(C)(=O)=O. The predicted molar refractivity (Wildman–Crippen MR) is 99.3 cm³/mol. The number of halogens is 2. The van der Waals surface area contributed by atoms with Crippen molar-refractivity contribution in [1.82, 2.24) is 0 Å². The van der Waals surface area contributed by atoms with Gasteiger partial charge in [0.25, 0.3) is 0 Å². The summed E-state index contributed by atoms with van der Waals surface area (Å²) in [5.41, 5.74) is 4.57. The number of benzene rings is 2. The van der Waals surface area contributed by atoms with Gasteiger partial charge in [0.05, 0.1) is 6.26 Å². The lowest BCUT2D eigenvalue weighted by Gasteiger charge is -2.18. The van der Waals surface area contributed by atoms with Crippen LogP contribution < -0.4 is 4.18 Å². The Morgan fingerprint density at radius 1 is 1.09 bits per heavy atom. The Morgan fingerprint density at radius 3 is 2.32 bits per heavy atom. The van der Waals surface area contributed by atoms with Crippen molar-refractivity contribution >= 4 is 44.3 Å². The van der Waals surface area contributed by atoms with E-state index in [2.05, 4.69) is 22.6 Å². The molecule has 2 aromatic rings. The first-order valence-corrected chi connectivity index (χ1v) is 9.83. The predicted octanol–water partition coefficient (Wildman–Crippen LogP) is 4.88. The van der Waals surface area contributed by atoms with Crippen LogP contribution in [0.15, 0.2) is 24.3 Å². The first kappa shape index (κ1) is 17.6. The van der Waals surface area contributed by atoms with Crippen LogP contribution in [-0.2, 0) is 10.1 Å². The quantitative estimate of drug-likeness (QED) is 0.495. The highest BCUT2D eigenvalue weighted by molar-refractivity contribution is 14.1. The molecule has 0 aliphatic carbocycles. The topological polar surface area (TPSA) is 43.4 Å². The third-order valence-electron chi connectivity index (χ3n) is 3.33. The Balaban J connectivity index is 2.77. The smallest absolute Gasteiger partial charge is 0.306 e. The van der Waals surface area contributed by atoms with E-state index in [0.717, 1.165) is 37.6 Å². The first-order valence-electron chi connectivity index (χ1n) is 6.56. The van der Waals surface area contributed by atoms with Gasteiger partial charge in [-0.25, -0.2) is 0 Å². The number of hydrogen-bond acceptors (Lipinski definition) is 3. The molecule has 0 fully saturated rings. The van der Waals surface area contributed by atoms with E-state index in [0.29, 0.717) is 10.8 Å². The van der Waals surface area contributed by atoms with Crippen LogP contribution in [0.2, 0.25) is 5.02 Å². The average Bonchev–Trinajstić information content (AvgIpc) is 2.37. The molecule has 0 spiro atoms. The maximum Gasteiger partial charge on any atom is 0.306 e. The fourth-order valence-corrected chi connectivity index (χ4v) is 3.89. The standard InChI is InChI=1S/C16H16ClIO3S/c1-9-7-10(2)16(21-22(4,19)20)11(3)15(9)13-8-12(17)5-6-14(13)18/h5-8H,1-4H3. The minimum Gasteiger partial charge on any atom is -0.382 e. The van der Waals surface area contributed by atoms with Crippen LogP contribution in [0.25, 0.3) is 11.1 Å². The van der Waals surface area contributed by atoms with Crippen molar-refractivity contribution in [3.05, 3.63) is 49.5 Å². The van der Waals surface area contributed by atoms with Crippen LogP contribution in [0.5, 0.6) is 5.75 Å². The van der Waals surface area contributed by atoms with Crippen molar-refractivity contribution in [3.63, 3.8) is 0 Å². The van der Waals surface area contributed by atoms with Crippen molar-refractivity contribution in [2.75, 3.05) is 6.26 Å². The maximum absolute atomic E-state index is 11.5. The van der Waals surface area contributed by atoms with Crippen molar-refractivity contribution in [2.24, 2.45) is 0 Å². The lowest BCUT2D eigenvalue weighted by Crippen LogP contribution is -2.09. The minimum absolute atomic E-state index is 0.388. The molecule has 3 nitrogen and oxygen atoms in total. The van der Waals surface area contributed by atoms with E-state index < -0.39 is 10.1 Å². The summed E-state index contributed by atoms with van der Waals surface area (Å²) in [6.07, 6.45) is 1.05. The molecule has 0 bridgehead atoms. The monoisotopic (exact) mass is 450 g/mol. The summed E-state index contributed by atoms with van der Waals surface area (Å²) < 4.78 is 29.3. The van der Waals surface area contributed by atoms with E-state index in [1.54, 1.807) is 0 Å². The van der Waals surface area contributed by atoms with Gasteiger partial charge < -0.3 is 4.18 Å². The van der Waals surface area contributed by atoms with Gasteiger partial charge in [0, 0.05) is 14.2 Å². The van der Waals surface area contributed by atoms with E-state index in [-0.39, 0.29) is 0 Å². The summed E-state index contributed by atoms with van der Waals surface area (Å²) >= 11 is 8.36. The second kappa shape index (κ2) is 6.37. The highest BCUT2D eigenvalue weighted by Crippen LogP contribution is 2.39. The number of rotatable bonds is 3. The molecule has 0 saturated heterocycles. The van der Waals surface area contributed by atoms with Crippen LogP contribution in [0.1, 0.15) is 16.7 Å². The van der Waals surface area contributed by atoms with Gasteiger partial charge in [0.1, 0.15) is 5.75 Å². The van der Waals surface area contributed by atoms with Crippen molar-refractivity contribution in [1.29, 1.82) is 0 Å². The van der Waals surface area contributed by atoms with Crippen LogP contribution >= 0.6 is 34.2 Å². The Bertz CT molecular complexity index is 845. The summed E-state index contributed by atoms with van der Waals surface area (Å²) in [5, 5.41) is 0.639. The Kier molecular flexibility index (Phi) is 5.09. The highest BCUT2D eigenvalue weighted by atomic mass is 127. The highest BCUT2D eigenvalue weighted by Gasteiger charge is 2.18. The molecule has 22 heavy (non-hydrogen) atoms. The summed E-state index contributed by atoms with van der Waals surface area (Å²) in [7, 11) is -3.58. The molecule has 0 atom stereocenters. The van der Waals surface area contributed by atoms with Crippen LogP contribution in [0.3, 0.4) is 0 Å². The van der Waals surface area contributed by atoms with E-state index in [4.69, 9.17) is 15.8 Å². The summed E-state index contributed by atoms with van der Waals surface area (Å²) in [5.74, 6) is 0.388. The lowest BCUT2D eigenvalue weighted by molar-refractivity contribution is 0.489. The van der Waals surface area contributed by atoms with Crippen molar-refractivity contribution in [2.45, 2.75) is 20.8 Å². The molecular formula is C16H16ClIO3S. The zero-order chi connectivity index (χ0) is 16.7. The summed E-state index contributed by atoms with van der Waals surface area (Å²) in [6.45, 7) is 5.70. The Morgan fingerprint density at radius 2 is 1.73 bits per heavy atom. The number of aryl methyl sites for hydroxylation is 2. The zero-order valence-corrected chi connectivity index (χ0v) is 16.4. The zero-order valence-electron chi connectivity index (χ0n) is 12.7. The van der Waals surface area contributed by atoms with Gasteiger partial charge in [-0.1, -0.05) is 17.7 Å². The largest absolute Gasteiger partial charge is 0.382 e. The summed E-state index contributed by atoms with van der Waals surface area (Å²) in [6, 6.07) is 7.59. The van der Waals surface area contributed by atoms with Gasteiger partial charge in [-0.05, 0) is 83.8 Å². The molecular weight excluding hydrogens is 435 g/mol. The van der Waals surface area contributed by atoms with E-state index in [1.165, 1.54) is 0 Å². The second-order valence-electron chi connectivity index (χ2n) is 5.25. The van der Waals surface area contributed by atoms with E-state index >= 15 is 0 Å². The second-order valence-corrected chi connectivity index (χ2v) is 8.42. The molecule has 0 amide bonds. The van der Waals surface area contributed by atoms with Gasteiger partial charge in [0.2, 0.25) is 0 Å². The molecule has 2 aromatic carbocycles. The van der Waals surface area contributed by atoms with Crippen LogP contribution in [0.4, 0.5) is 0 Å². The average molecular weight is 451 g/mol. The molecule has 0 N–H and O–H groups in total. The van der Waals surface area contributed by atoms with Crippen molar-refractivity contribution < 1.29 is 12.6 Å². The van der Waals surface area contributed by atoms with E-state index in [1.807, 2.05) is 45.0 Å². The van der Waals surface area contributed by atoms with Gasteiger partial charge in [-0.15, -0.1) is 0 Å². The van der Waals surface area contributed by atoms with Gasteiger partial charge in [0.15, 0.2) is 0 Å². The molecule has 0 aliphatic rings. The molecule has 0 unspecified atom stereocenters. The molecule has 0 aromatic heterocycles. The summed E-state index contributed by atoms with van der Waals surface area (Å²) in [4.78, 5) is 0. The third kappa shape index (κ3) is 3.75.